The molecule has 0 radical (unpaired) electrons. The number of sulfonamides is 1. The van der Waals surface area contributed by atoms with E-state index in [0.29, 0.717) is 33.5 Å². The van der Waals surface area contributed by atoms with Crippen LogP contribution in [0.15, 0.2) is 41.3 Å². The molecule has 0 saturated carbocycles. The molecule has 1 heterocycles. The lowest BCUT2D eigenvalue weighted by molar-refractivity contribution is -0.118. The van der Waals surface area contributed by atoms with Crippen LogP contribution >= 0.6 is 23.2 Å². The van der Waals surface area contributed by atoms with Crippen molar-refractivity contribution in [2.24, 2.45) is 0 Å². The molecule has 6 nitrogen and oxygen atoms in total. The standard InChI is InChI=1S/C17H16Cl2N2O4S/c1-2-14(12-7-10(18)3-5-13(12)19)21-26(23,24)11-4-6-16-15(8-11)20-17(22)9-25-16/h3-8,14,21H,2,9H2,1H3,(H,20,22)/t14-/m1/s1. The summed E-state index contributed by atoms with van der Waals surface area (Å²) in [6, 6.07) is 8.65. The van der Waals surface area contributed by atoms with Crippen molar-refractivity contribution in [1.29, 1.82) is 0 Å². The van der Waals surface area contributed by atoms with Gasteiger partial charge in [-0.2, -0.15) is 0 Å². The van der Waals surface area contributed by atoms with Crippen LogP contribution < -0.4 is 14.8 Å². The van der Waals surface area contributed by atoms with E-state index in [1.165, 1.54) is 18.2 Å². The first-order valence-electron chi connectivity index (χ1n) is 7.84. The Labute approximate surface area is 161 Å². The Morgan fingerprint density at radius 2 is 2.00 bits per heavy atom. The molecule has 2 aromatic rings. The van der Waals surface area contributed by atoms with Gasteiger partial charge in [-0.15, -0.1) is 0 Å². The first kappa shape index (κ1) is 19.0. The third-order valence-corrected chi connectivity index (χ3v) is 5.98. The van der Waals surface area contributed by atoms with E-state index < -0.39 is 16.1 Å². The van der Waals surface area contributed by atoms with Gasteiger partial charge in [0.05, 0.1) is 10.6 Å². The maximum Gasteiger partial charge on any atom is 0.262 e. The lowest BCUT2D eigenvalue weighted by Gasteiger charge is -2.21. The second-order valence-electron chi connectivity index (χ2n) is 5.74. The molecule has 1 amide bonds. The molecule has 0 saturated heterocycles. The molecule has 2 aromatic carbocycles. The Balaban J connectivity index is 1.91. The van der Waals surface area contributed by atoms with E-state index in [9.17, 15) is 13.2 Å². The molecule has 9 heteroatoms. The van der Waals surface area contributed by atoms with E-state index >= 15 is 0 Å². The van der Waals surface area contributed by atoms with E-state index in [4.69, 9.17) is 27.9 Å². The molecule has 0 bridgehead atoms. The second-order valence-corrected chi connectivity index (χ2v) is 8.30. The molecule has 2 N–H and O–H groups in total. The van der Waals surface area contributed by atoms with Gasteiger partial charge in [0.2, 0.25) is 10.0 Å². The zero-order chi connectivity index (χ0) is 18.9. The maximum absolute atomic E-state index is 12.8. The van der Waals surface area contributed by atoms with Crippen molar-refractivity contribution in [2.45, 2.75) is 24.3 Å². The Morgan fingerprint density at radius 1 is 1.23 bits per heavy atom. The van der Waals surface area contributed by atoms with Crippen molar-refractivity contribution in [3.63, 3.8) is 0 Å². The fourth-order valence-corrected chi connectivity index (χ4v) is 4.39. The minimum Gasteiger partial charge on any atom is -0.482 e. The number of hydrogen-bond acceptors (Lipinski definition) is 4. The second kappa shape index (κ2) is 7.44. The average molecular weight is 415 g/mol. The van der Waals surface area contributed by atoms with Gasteiger partial charge in [-0.3, -0.25) is 4.79 Å². The van der Waals surface area contributed by atoms with Crippen LogP contribution in [-0.2, 0) is 14.8 Å². The Hall–Kier alpha value is -1.80. The van der Waals surface area contributed by atoms with Crippen molar-refractivity contribution in [2.75, 3.05) is 11.9 Å². The topological polar surface area (TPSA) is 84.5 Å². The first-order valence-corrected chi connectivity index (χ1v) is 10.1. The van der Waals surface area contributed by atoms with Gasteiger partial charge in [0, 0.05) is 16.1 Å². The van der Waals surface area contributed by atoms with Crippen LogP contribution in [0.1, 0.15) is 24.9 Å². The van der Waals surface area contributed by atoms with Crippen molar-refractivity contribution < 1.29 is 17.9 Å². The average Bonchev–Trinajstić information content (AvgIpc) is 2.61. The largest absolute Gasteiger partial charge is 0.482 e. The van der Waals surface area contributed by atoms with Crippen LogP contribution in [0.4, 0.5) is 5.69 Å². The molecular formula is C17H16Cl2N2O4S. The predicted octanol–water partition coefficient (Wildman–Crippen LogP) is 3.75. The van der Waals surface area contributed by atoms with Crippen molar-refractivity contribution in [1.82, 2.24) is 4.72 Å². The summed E-state index contributed by atoms with van der Waals surface area (Å²) in [4.78, 5) is 11.4. The van der Waals surface area contributed by atoms with Gasteiger partial charge in [0.1, 0.15) is 5.75 Å². The SMILES string of the molecule is CC[C@@H](NS(=O)(=O)c1ccc2c(c1)NC(=O)CO2)c1cc(Cl)ccc1Cl. The summed E-state index contributed by atoms with van der Waals surface area (Å²) in [5.74, 6) is 0.0885. The highest BCUT2D eigenvalue weighted by atomic mass is 35.5. The summed E-state index contributed by atoms with van der Waals surface area (Å²) in [6.45, 7) is 1.74. The number of halogens is 2. The Kier molecular flexibility index (Phi) is 5.43. The van der Waals surface area contributed by atoms with Crippen LogP contribution in [0.3, 0.4) is 0 Å². The lowest BCUT2D eigenvalue weighted by Crippen LogP contribution is -2.29. The molecular weight excluding hydrogens is 399 g/mol. The van der Waals surface area contributed by atoms with Gasteiger partial charge in [0.25, 0.3) is 5.91 Å². The van der Waals surface area contributed by atoms with Crippen molar-refractivity contribution in [3.8, 4) is 5.75 Å². The quantitative estimate of drug-likeness (QED) is 0.779. The number of benzene rings is 2. The van der Waals surface area contributed by atoms with Gasteiger partial charge in [-0.05, 0) is 48.4 Å². The number of hydrogen-bond donors (Lipinski definition) is 2. The normalized spacial score (nSPS) is 15.0. The molecule has 26 heavy (non-hydrogen) atoms. The highest BCUT2D eigenvalue weighted by Crippen LogP contribution is 2.32. The minimum atomic E-state index is -3.86. The molecule has 1 atom stereocenters. The number of fused-ring (bicyclic) bond motifs is 1. The van der Waals surface area contributed by atoms with Crippen molar-refractivity contribution in [3.05, 3.63) is 52.0 Å². The maximum atomic E-state index is 12.8. The molecule has 3 rings (SSSR count). The lowest BCUT2D eigenvalue weighted by atomic mass is 10.1. The van der Waals surface area contributed by atoms with Gasteiger partial charge in [-0.25, -0.2) is 13.1 Å². The van der Waals surface area contributed by atoms with Gasteiger partial charge in [-0.1, -0.05) is 30.1 Å². The van der Waals surface area contributed by atoms with Crippen molar-refractivity contribution >= 4 is 44.8 Å². The predicted molar refractivity (Wildman–Crippen MR) is 100 cm³/mol. The summed E-state index contributed by atoms with van der Waals surface area (Å²) >= 11 is 12.2. The van der Waals surface area contributed by atoms with Crippen LogP contribution in [0.25, 0.3) is 0 Å². The number of nitrogens with one attached hydrogen (secondary N) is 2. The summed E-state index contributed by atoms with van der Waals surface area (Å²) in [5.41, 5.74) is 0.915. The highest BCUT2D eigenvalue weighted by Gasteiger charge is 2.24. The van der Waals surface area contributed by atoms with E-state index in [0.717, 1.165) is 0 Å². The molecule has 1 aliphatic rings. The van der Waals surface area contributed by atoms with Gasteiger partial charge >= 0.3 is 0 Å². The van der Waals surface area contributed by atoms with Crippen LogP contribution in [0.5, 0.6) is 5.75 Å². The van der Waals surface area contributed by atoms with E-state index in [1.54, 1.807) is 18.2 Å². The summed E-state index contributed by atoms with van der Waals surface area (Å²) < 4.78 is 33.5. The molecule has 0 unspecified atom stereocenters. The minimum absolute atomic E-state index is 0.0126. The smallest absolute Gasteiger partial charge is 0.262 e. The van der Waals surface area contributed by atoms with Crippen LogP contribution in [0, 0.1) is 0 Å². The molecule has 1 aliphatic heterocycles. The molecule has 0 fully saturated rings. The van der Waals surface area contributed by atoms with Gasteiger partial charge < -0.3 is 10.1 Å². The molecule has 0 spiro atoms. The zero-order valence-electron chi connectivity index (χ0n) is 13.8. The number of rotatable bonds is 5. The summed E-state index contributed by atoms with van der Waals surface area (Å²) in [5, 5.41) is 3.49. The fourth-order valence-electron chi connectivity index (χ4n) is 2.63. The molecule has 0 aliphatic carbocycles. The van der Waals surface area contributed by atoms with E-state index in [2.05, 4.69) is 10.0 Å². The highest BCUT2D eigenvalue weighted by molar-refractivity contribution is 7.89. The van der Waals surface area contributed by atoms with E-state index in [1.807, 2.05) is 6.92 Å². The summed E-state index contributed by atoms with van der Waals surface area (Å²) in [7, 11) is -3.86. The molecule has 138 valence electrons. The monoisotopic (exact) mass is 414 g/mol. The number of amides is 1. The first-order chi connectivity index (χ1) is 12.3. The number of ether oxygens (including phenoxy) is 1. The third-order valence-electron chi connectivity index (χ3n) is 3.93. The molecule has 0 aromatic heterocycles. The van der Waals surface area contributed by atoms with E-state index in [-0.39, 0.29) is 17.4 Å². The Bertz CT molecular complexity index is 963. The number of carbonyl (C=O) groups is 1. The fraction of sp³-hybridized carbons (Fsp3) is 0.235. The zero-order valence-corrected chi connectivity index (χ0v) is 16.1. The summed E-state index contributed by atoms with van der Waals surface area (Å²) in [6.07, 6.45) is 0.476. The van der Waals surface area contributed by atoms with Crippen LogP contribution in [0.2, 0.25) is 10.0 Å². The Morgan fingerprint density at radius 3 is 2.73 bits per heavy atom. The van der Waals surface area contributed by atoms with Crippen LogP contribution in [-0.4, -0.2) is 20.9 Å². The third kappa shape index (κ3) is 3.96. The van der Waals surface area contributed by atoms with Gasteiger partial charge in [0.15, 0.2) is 6.61 Å². The number of carbonyl (C=O) groups excluding carboxylic acids is 1. The number of anilines is 1.